The number of aromatic nitrogens is 1. The van der Waals surface area contributed by atoms with Crippen molar-refractivity contribution >= 4 is 5.69 Å². The number of anilines is 1. The van der Waals surface area contributed by atoms with Crippen molar-refractivity contribution in [1.82, 2.24) is 10.3 Å². The fraction of sp³-hybridized carbons (Fsp3) is 0.615. The van der Waals surface area contributed by atoms with E-state index in [-0.39, 0.29) is 6.54 Å². The third-order valence-corrected chi connectivity index (χ3v) is 3.48. The third-order valence-electron chi connectivity index (χ3n) is 3.48. The Bertz CT molecular complexity index is 392. The van der Waals surface area contributed by atoms with Crippen molar-refractivity contribution < 1.29 is 8.78 Å². The quantitative estimate of drug-likeness (QED) is 0.896. The van der Waals surface area contributed by atoms with E-state index < -0.39 is 12.0 Å². The molecule has 0 amide bonds. The van der Waals surface area contributed by atoms with E-state index in [4.69, 9.17) is 0 Å². The van der Waals surface area contributed by atoms with Gasteiger partial charge in [-0.1, -0.05) is 6.92 Å². The molecular formula is C13H19F2N3. The molecule has 1 N–H and O–H groups in total. The van der Waals surface area contributed by atoms with Gasteiger partial charge in [0, 0.05) is 12.2 Å². The Hall–Kier alpha value is -1.23. The maximum Gasteiger partial charge on any atom is 0.280 e. The van der Waals surface area contributed by atoms with Crippen molar-refractivity contribution in [2.45, 2.75) is 31.7 Å². The Morgan fingerprint density at radius 3 is 2.78 bits per heavy atom. The fourth-order valence-corrected chi connectivity index (χ4v) is 2.33. The van der Waals surface area contributed by atoms with Crippen LogP contribution in [-0.2, 0) is 6.42 Å². The molecule has 2 heterocycles. The lowest BCUT2D eigenvalue weighted by atomic mass is 10.0. The van der Waals surface area contributed by atoms with E-state index in [2.05, 4.69) is 10.3 Å². The van der Waals surface area contributed by atoms with Crippen molar-refractivity contribution in [3.05, 3.63) is 24.0 Å². The molecule has 1 aliphatic heterocycles. The number of halogens is 2. The van der Waals surface area contributed by atoms with Crippen LogP contribution >= 0.6 is 0 Å². The Morgan fingerprint density at radius 1 is 1.50 bits per heavy atom. The van der Waals surface area contributed by atoms with Crippen LogP contribution in [0.15, 0.2) is 18.3 Å². The zero-order chi connectivity index (χ0) is 13.2. The molecule has 3 nitrogen and oxygen atoms in total. The summed E-state index contributed by atoms with van der Waals surface area (Å²) in [5.74, 6) is -2.70. The number of alkyl halides is 2. The van der Waals surface area contributed by atoms with Crippen LogP contribution < -0.4 is 10.2 Å². The normalized spacial score (nSPS) is 23.1. The fourth-order valence-electron chi connectivity index (χ4n) is 2.33. The number of hydrogen-bond acceptors (Lipinski definition) is 3. The standard InChI is InChI=1S/C13H19F2N3/c1-3-10-4-5-11(8-17-10)18-7-6-12(16-2)13(14,15)9-18/h4-5,8,12,16H,3,6-7,9H2,1-2H3. The second kappa shape index (κ2) is 5.18. The molecule has 0 bridgehead atoms. The van der Waals surface area contributed by atoms with Gasteiger partial charge in [0.25, 0.3) is 5.92 Å². The zero-order valence-corrected chi connectivity index (χ0v) is 10.8. The predicted octanol–water partition coefficient (Wildman–Crippen LogP) is 2.08. The number of piperidine rings is 1. The van der Waals surface area contributed by atoms with Crippen LogP contribution in [0, 0.1) is 0 Å². The van der Waals surface area contributed by atoms with Crippen LogP contribution in [0.2, 0.25) is 0 Å². The van der Waals surface area contributed by atoms with Crippen molar-refractivity contribution in [3.8, 4) is 0 Å². The third kappa shape index (κ3) is 2.61. The number of hydrogen-bond donors (Lipinski definition) is 1. The first-order valence-corrected chi connectivity index (χ1v) is 6.32. The van der Waals surface area contributed by atoms with Crippen molar-refractivity contribution in [3.63, 3.8) is 0 Å². The van der Waals surface area contributed by atoms with Gasteiger partial charge in [0.15, 0.2) is 0 Å². The highest BCUT2D eigenvalue weighted by Crippen LogP contribution is 2.30. The minimum atomic E-state index is -2.70. The van der Waals surface area contributed by atoms with E-state index in [1.165, 1.54) is 0 Å². The minimum absolute atomic E-state index is 0.244. The first-order chi connectivity index (χ1) is 8.56. The van der Waals surface area contributed by atoms with Crippen LogP contribution in [0.5, 0.6) is 0 Å². The second-order valence-electron chi connectivity index (χ2n) is 4.67. The molecular weight excluding hydrogens is 236 g/mol. The summed E-state index contributed by atoms with van der Waals surface area (Å²) in [6.45, 7) is 2.41. The van der Waals surface area contributed by atoms with Gasteiger partial charge in [0.1, 0.15) is 0 Å². The SMILES string of the molecule is CCc1ccc(N2CCC(NC)C(F)(F)C2)cn1. The van der Waals surface area contributed by atoms with Crippen LogP contribution in [0.1, 0.15) is 19.0 Å². The molecule has 5 heteroatoms. The lowest BCUT2D eigenvalue weighted by Gasteiger charge is -2.39. The van der Waals surface area contributed by atoms with Crippen LogP contribution in [-0.4, -0.2) is 37.1 Å². The molecule has 1 aromatic heterocycles. The summed E-state index contributed by atoms with van der Waals surface area (Å²) in [4.78, 5) is 5.97. The zero-order valence-electron chi connectivity index (χ0n) is 10.8. The van der Waals surface area contributed by atoms with E-state index in [1.807, 2.05) is 19.1 Å². The van der Waals surface area contributed by atoms with Gasteiger partial charge in [0.2, 0.25) is 0 Å². The predicted molar refractivity (Wildman–Crippen MR) is 68.2 cm³/mol. The van der Waals surface area contributed by atoms with Crippen molar-refractivity contribution in [1.29, 1.82) is 0 Å². The Balaban J connectivity index is 2.10. The molecule has 1 aliphatic rings. The Kier molecular flexibility index (Phi) is 3.80. The molecule has 0 radical (unpaired) electrons. The van der Waals surface area contributed by atoms with Gasteiger partial charge < -0.3 is 10.2 Å². The van der Waals surface area contributed by atoms with E-state index >= 15 is 0 Å². The molecule has 100 valence electrons. The molecule has 0 aliphatic carbocycles. The van der Waals surface area contributed by atoms with E-state index in [9.17, 15) is 8.78 Å². The highest BCUT2D eigenvalue weighted by atomic mass is 19.3. The average Bonchev–Trinajstić information content (AvgIpc) is 2.37. The molecule has 0 aromatic carbocycles. The molecule has 2 rings (SSSR count). The minimum Gasteiger partial charge on any atom is -0.364 e. The number of nitrogens with zero attached hydrogens (tertiary/aromatic N) is 2. The number of rotatable bonds is 3. The summed E-state index contributed by atoms with van der Waals surface area (Å²) in [5.41, 5.74) is 1.76. The topological polar surface area (TPSA) is 28.2 Å². The van der Waals surface area contributed by atoms with Crippen LogP contribution in [0.4, 0.5) is 14.5 Å². The maximum atomic E-state index is 13.8. The maximum absolute atomic E-state index is 13.8. The molecule has 1 unspecified atom stereocenters. The van der Waals surface area contributed by atoms with Gasteiger partial charge >= 0.3 is 0 Å². The number of aryl methyl sites for hydroxylation is 1. The summed E-state index contributed by atoms with van der Waals surface area (Å²) in [7, 11) is 1.59. The Morgan fingerprint density at radius 2 is 2.28 bits per heavy atom. The van der Waals surface area contributed by atoms with Gasteiger partial charge in [-0.2, -0.15) is 0 Å². The van der Waals surface area contributed by atoms with Crippen LogP contribution in [0.3, 0.4) is 0 Å². The molecule has 1 fully saturated rings. The lowest BCUT2D eigenvalue weighted by molar-refractivity contribution is -0.0402. The summed E-state index contributed by atoms with van der Waals surface area (Å²) in [6, 6.07) is 3.05. The first kappa shape index (κ1) is 13.2. The van der Waals surface area contributed by atoms with E-state index in [0.717, 1.165) is 17.8 Å². The van der Waals surface area contributed by atoms with E-state index in [1.54, 1.807) is 18.1 Å². The molecule has 1 aromatic rings. The monoisotopic (exact) mass is 255 g/mol. The van der Waals surface area contributed by atoms with Crippen LogP contribution in [0.25, 0.3) is 0 Å². The molecule has 1 saturated heterocycles. The highest BCUT2D eigenvalue weighted by Gasteiger charge is 2.43. The van der Waals surface area contributed by atoms with Gasteiger partial charge in [0.05, 0.1) is 24.5 Å². The number of pyridine rings is 1. The highest BCUT2D eigenvalue weighted by molar-refractivity contribution is 5.45. The lowest BCUT2D eigenvalue weighted by Crippen LogP contribution is -2.56. The van der Waals surface area contributed by atoms with Gasteiger partial charge in [-0.05, 0) is 32.0 Å². The Labute approximate surface area is 106 Å². The summed E-state index contributed by atoms with van der Waals surface area (Å²) in [6.07, 6.45) is 2.99. The summed E-state index contributed by atoms with van der Waals surface area (Å²) in [5, 5.41) is 2.69. The van der Waals surface area contributed by atoms with Crippen molar-refractivity contribution in [2.75, 3.05) is 25.0 Å². The van der Waals surface area contributed by atoms with Gasteiger partial charge in [-0.15, -0.1) is 0 Å². The van der Waals surface area contributed by atoms with E-state index in [0.29, 0.717) is 13.0 Å². The average molecular weight is 255 g/mol. The summed E-state index contributed by atoms with van der Waals surface area (Å²) < 4.78 is 27.7. The second-order valence-corrected chi connectivity index (χ2v) is 4.67. The molecule has 18 heavy (non-hydrogen) atoms. The summed E-state index contributed by atoms with van der Waals surface area (Å²) >= 11 is 0. The molecule has 1 atom stereocenters. The van der Waals surface area contributed by atoms with Gasteiger partial charge in [-0.3, -0.25) is 4.98 Å². The number of nitrogens with one attached hydrogen (secondary N) is 1. The van der Waals surface area contributed by atoms with Gasteiger partial charge in [-0.25, -0.2) is 8.78 Å². The molecule has 0 spiro atoms. The first-order valence-electron chi connectivity index (χ1n) is 6.32. The molecule has 0 saturated carbocycles. The smallest absolute Gasteiger partial charge is 0.280 e. The largest absolute Gasteiger partial charge is 0.364 e. The van der Waals surface area contributed by atoms with Crippen molar-refractivity contribution in [2.24, 2.45) is 0 Å².